The zero-order valence-electron chi connectivity index (χ0n) is 7.90. The number of nitrogens with zero attached hydrogens (tertiary/aromatic N) is 2. The molecule has 0 aliphatic heterocycles. The molecular formula is C9H14N2O2. The largest absolute Gasteiger partial charge is 0.376 e. The molecule has 1 heterocycles. The van der Waals surface area contributed by atoms with Crippen LogP contribution in [0.5, 0.6) is 0 Å². The van der Waals surface area contributed by atoms with Gasteiger partial charge in [-0.25, -0.2) is 0 Å². The zero-order valence-corrected chi connectivity index (χ0v) is 7.90. The lowest BCUT2D eigenvalue weighted by atomic mass is 10.1. The molecular weight excluding hydrogens is 168 g/mol. The van der Waals surface area contributed by atoms with Gasteiger partial charge in [0.25, 0.3) is 0 Å². The van der Waals surface area contributed by atoms with Crippen molar-refractivity contribution in [2.24, 2.45) is 0 Å². The Morgan fingerprint density at radius 1 is 1.77 bits per heavy atom. The molecule has 0 saturated carbocycles. The number of carbonyl (C=O) groups is 1. The number of rotatable bonds is 4. The first-order chi connectivity index (χ1) is 6.11. The number of hydrogen-bond donors (Lipinski definition) is 1. The molecule has 0 spiro atoms. The lowest BCUT2D eigenvalue weighted by molar-refractivity contribution is -0.123. The predicted molar refractivity (Wildman–Crippen MR) is 48.2 cm³/mol. The van der Waals surface area contributed by atoms with Crippen LogP contribution in [-0.4, -0.2) is 21.2 Å². The van der Waals surface area contributed by atoms with Crippen molar-refractivity contribution >= 4 is 6.29 Å². The van der Waals surface area contributed by atoms with Gasteiger partial charge in [-0.15, -0.1) is 0 Å². The Bertz CT molecular complexity index is 292. The highest BCUT2D eigenvalue weighted by Crippen LogP contribution is 2.17. The van der Waals surface area contributed by atoms with E-state index < -0.39 is 5.60 Å². The van der Waals surface area contributed by atoms with E-state index in [-0.39, 0.29) is 0 Å². The van der Waals surface area contributed by atoms with Crippen LogP contribution in [0.1, 0.15) is 26.0 Å². The van der Waals surface area contributed by atoms with Crippen LogP contribution in [0.4, 0.5) is 0 Å². The SMILES string of the molecule is CCCn1nccc1C(C)(O)C=O. The highest BCUT2D eigenvalue weighted by Gasteiger charge is 2.25. The van der Waals surface area contributed by atoms with Crippen LogP contribution >= 0.6 is 0 Å². The van der Waals surface area contributed by atoms with E-state index in [2.05, 4.69) is 5.10 Å². The predicted octanol–water partition coefficient (Wildman–Crippen LogP) is 0.700. The Labute approximate surface area is 77.2 Å². The molecule has 0 aliphatic carbocycles. The third-order valence-corrected chi connectivity index (χ3v) is 1.90. The second-order valence-electron chi connectivity index (χ2n) is 3.20. The van der Waals surface area contributed by atoms with Gasteiger partial charge in [-0.3, -0.25) is 9.48 Å². The lowest BCUT2D eigenvalue weighted by Gasteiger charge is -2.17. The van der Waals surface area contributed by atoms with Crippen molar-refractivity contribution in [2.45, 2.75) is 32.4 Å². The summed E-state index contributed by atoms with van der Waals surface area (Å²) in [5.74, 6) is 0. The highest BCUT2D eigenvalue weighted by molar-refractivity contribution is 5.63. The van der Waals surface area contributed by atoms with Gasteiger partial charge in [-0.2, -0.15) is 5.10 Å². The van der Waals surface area contributed by atoms with Gasteiger partial charge in [-0.05, 0) is 19.4 Å². The fourth-order valence-electron chi connectivity index (χ4n) is 1.21. The van der Waals surface area contributed by atoms with E-state index in [1.165, 1.54) is 6.92 Å². The zero-order chi connectivity index (χ0) is 9.90. The van der Waals surface area contributed by atoms with Crippen LogP contribution in [0.25, 0.3) is 0 Å². The first kappa shape index (κ1) is 9.92. The van der Waals surface area contributed by atoms with Crippen LogP contribution in [-0.2, 0) is 16.9 Å². The number of aliphatic hydroxyl groups is 1. The summed E-state index contributed by atoms with van der Waals surface area (Å²) in [7, 11) is 0. The topological polar surface area (TPSA) is 55.1 Å². The van der Waals surface area contributed by atoms with E-state index in [9.17, 15) is 9.90 Å². The summed E-state index contributed by atoms with van der Waals surface area (Å²) >= 11 is 0. The number of aldehydes is 1. The molecule has 72 valence electrons. The molecule has 0 saturated heterocycles. The Morgan fingerprint density at radius 3 is 3.00 bits per heavy atom. The number of carbonyl (C=O) groups excluding carboxylic acids is 1. The second kappa shape index (κ2) is 3.70. The summed E-state index contributed by atoms with van der Waals surface area (Å²) in [4.78, 5) is 10.6. The highest BCUT2D eigenvalue weighted by atomic mass is 16.3. The summed E-state index contributed by atoms with van der Waals surface area (Å²) in [5, 5.41) is 13.7. The fourth-order valence-corrected chi connectivity index (χ4v) is 1.21. The average Bonchev–Trinajstić information content (AvgIpc) is 2.54. The molecule has 1 unspecified atom stereocenters. The standard InChI is InChI=1S/C9H14N2O2/c1-3-6-11-8(4-5-10-11)9(2,13)7-12/h4-5,7,13H,3,6H2,1-2H3. The second-order valence-corrected chi connectivity index (χ2v) is 3.20. The molecule has 1 aromatic rings. The number of hydrogen-bond acceptors (Lipinski definition) is 3. The summed E-state index contributed by atoms with van der Waals surface area (Å²) in [6, 6.07) is 1.66. The molecule has 13 heavy (non-hydrogen) atoms. The molecule has 1 atom stereocenters. The van der Waals surface area contributed by atoms with Gasteiger partial charge >= 0.3 is 0 Å². The van der Waals surface area contributed by atoms with E-state index in [0.29, 0.717) is 18.5 Å². The Balaban J connectivity index is 2.99. The van der Waals surface area contributed by atoms with E-state index in [4.69, 9.17) is 0 Å². The van der Waals surface area contributed by atoms with Crippen LogP contribution in [0, 0.1) is 0 Å². The molecule has 0 aliphatic rings. The molecule has 0 radical (unpaired) electrons. The van der Waals surface area contributed by atoms with Gasteiger partial charge in [0.2, 0.25) is 0 Å². The van der Waals surface area contributed by atoms with Crippen molar-refractivity contribution in [3.05, 3.63) is 18.0 Å². The van der Waals surface area contributed by atoms with Gasteiger partial charge in [0.1, 0.15) is 0 Å². The van der Waals surface area contributed by atoms with Gasteiger partial charge in [0.15, 0.2) is 11.9 Å². The van der Waals surface area contributed by atoms with Crippen molar-refractivity contribution in [3.63, 3.8) is 0 Å². The molecule has 0 bridgehead atoms. The quantitative estimate of drug-likeness (QED) is 0.697. The maximum atomic E-state index is 10.6. The monoisotopic (exact) mass is 182 g/mol. The van der Waals surface area contributed by atoms with Crippen molar-refractivity contribution in [2.75, 3.05) is 0 Å². The van der Waals surface area contributed by atoms with Crippen molar-refractivity contribution in [3.8, 4) is 0 Å². The fraction of sp³-hybridized carbons (Fsp3) is 0.556. The summed E-state index contributed by atoms with van der Waals surface area (Å²) in [6.07, 6.45) is 3.03. The minimum absolute atomic E-state index is 0.524. The number of aryl methyl sites for hydroxylation is 1. The Hall–Kier alpha value is -1.16. The maximum absolute atomic E-state index is 10.6. The van der Waals surface area contributed by atoms with Crippen LogP contribution in [0.3, 0.4) is 0 Å². The molecule has 1 aromatic heterocycles. The molecule has 1 N–H and O–H groups in total. The van der Waals surface area contributed by atoms with Crippen molar-refractivity contribution in [1.82, 2.24) is 9.78 Å². The molecule has 0 aromatic carbocycles. The molecule has 1 rings (SSSR count). The Morgan fingerprint density at radius 2 is 2.46 bits per heavy atom. The third kappa shape index (κ3) is 1.95. The van der Waals surface area contributed by atoms with E-state index in [0.717, 1.165) is 6.42 Å². The van der Waals surface area contributed by atoms with Gasteiger partial charge < -0.3 is 5.11 Å². The Kier molecular flexibility index (Phi) is 2.83. The molecule has 0 fully saturated rings. The van der Waals surface area contributed by atoms with E-state index in [1.54, 1.807) is 16.9 Å². The third-order valence-electron chi connectivity index (χ3n) is 1.90. The lowest BCUT2D eigenvalue weighted by Crippen LogP contribution is -2.27. The first-order valence-electron chi connectivity index (χ1n) is 4.33. The van der Waals surface area contributed by atoms with E-state index >= 15 is 0 Å². The molecule has 0 amide bonds. The summed E-state index contributed by atoms with van der Waals surface area (Å²) in [5.41, 5.74) is -0.879. The minimum atomic E-state index is -1.42. The van der Waals surface area contributed by atoms with Crippen LogP contribution < -0.4 is 0 Å². The smallest absolute Gasteiger partial charge is 0.158 e. The van der Waals surface area contributed by atoms with Gasteiger partial charge in [0, 0.05) is 12.7 Å². The van der Waals surface area contributed by atoms with Gasteiger partial charge in [-0.1, -0.05) is 6.92 Å². The maximum Gasteiger partial charge on any atom is 0.158 e. The van der Waals surface area contributed by atoms with Crippen LogP contribution in [0.2, 0.25) is 0 Å². The normalized spacial score (nSPS) is 15.3. The van der Waals surface area contributed by atoms with Crippen molar-refractivity contribution < 1.29 is 9.90 Å². The minimum Gasteiger partial charge on any atom is -0.376 e. The van der Waals surface area contributed by atoms with Crippen LogP contribution in [0.15, 0.2) is 12.3 Å². The first-order valence-corrected chi connectivity index (χ1v) is 4.33. The molecule has 4 nitrogen and oxygen atoms in total. The summed E-state index contributed by atoms with van der Waals surface area (Å²) < 4.78 is 1.65. The summed E-state index contributed by atoms with van der Waals surface area (Å²) in [6.45, 7) is 4.19. The van der Waals surface area contributed by atoms with Gasteiger partial charge in [0.05, 0.1) is 5.69 Å². The van der Waals surface area contributed by atoms with E-state index in [1.807, 2.05) is 6.92 Å². The number of aromatic nitrogens is 2. The van der Waals surface area contributed by atoms with Crippen molar-refractivity contribution in [1.29, 1.82) is 0 Å². The molecule has 4 heteroatoms. The average molecular weight is 182 g/mol.